The first kappa shape index (κ1) is 10.4. The molecule has 0 fully saturated rings. The van der Waals surface area contributed by atoms with Crippen molar-refractivity contribution in [2.45, 2.75) is 6.92 Å². The molecule has 0 amide bonds. The quantitative estimate of drug-likeness (QED) is 0.712. The SMILES string of the molecule is CC(=O)c1ccc(-c2cccc(Cl)c2)s1. The highest BCUT2D eigenvalue weighted by molar-refractivity contribution is 7.17. The van der Waals surface area contributed by atoms with Gasteiger partial charge < -0.3 is 0 Å². The van der Waals surface area contributed by atoms with E-state index in [9.17, 15) is 4.79 Å². The minimum absolute atomic E-state index is 0.105. The second-order valence-corrected chi connectivity index (χ2v) is 4.75. The van der Waals surface area contributed by atoms with Gasteiger partial charge in [0.1, 0.15) is 0 Å². The average molecular weight is 237 g/mol. The minimum Gasteiger partial charge on any atom is -0.294 e. The van der Waals surface area contributed by atoms with Crippen LogP contribution in [0, 0.1) is 0 Å². The zero-order chi connectivity index (χ0) is 10.8. The van der Waals surface area contributed by atoms with Crippen LogP contribution < -0.4 is 0 Å². The molecule has 0 aliphatic rings. The fourth-order valence-electron chi connectivity index (χ4n) is 1.32. The van der Waals surface area contributed by atoms with Crippen molar-refractivity contribution in [3.05, 3.63) is 46.3 Å². The van der Waals surface area contributed by atoms with E-state index in [0.29, 0.717) is 5.02 Å². The van der Waals surface area contributed by atoms with Gasteiger partial charge in [-0.05, 0) is 36.8 Å². The molecule has 1 aromatic carbocycles. The van der Waals surface area contributed by atoms with Crippen LogP contribution in [-0.2, 0) is 0 Å². The molecule has 0 radical (unpaired) electrons. The fraction of sp³-hybridized carbons (Fsp3) is 0.0833. The van der Waals surface area contributed by atoms with Crippen LogP contribution in [0.4, 0.5) is 0 Å². The van der Waals surface area contributed by atoms with Crippen LogP contribution in [0.3, 0.4) is 0 Å². The summed E-state index contributed by atoms with van der Waals surface area (Å²) in [5.74, 6) is 0.105. The van der Waals surface area contributed by atoms with E-state index >= 15 is 0 Å². The molecular formula is C12H9ClOS. The Labute approximate surface area is 97.3 Å². The van der Waals surface area contributed by atoms with Crippen LogP contribution in [-0.4, -0.2) is 5.78 Å². The number of thiophene rings is 1. The lowest BCUT2D eigenvalue weighted by Crippen LogP contribution is -1.83. The highest BCUT2D eigenvalue weighted by Gasteiger charge is 2.05. The van der Waals surface area contributed by atoms with Crippen molar-refractivity contribution in [1.82, 2.24) is 0 Å². The van der Waals surface area contributed by atoms with Crippen molar-refractivity contribution in [3.8, 4) is 10.4 Å². The fourth-order valence-corrected chi connectivity index (χ4v) is 2.41. The Kier molecular flexibility index (Phi) is 2.89. The summed E-state index contributed by atoms with van der Waals surface area (Å²) in [6, 6.07) is 11.4. The Morgan fingerprint density at radius 1 is 1.27 bits per heavy atom. The summed E-state index contributed by atoms with van der Waals surface area (Å²) in [4.78, 5) is 13.0. The molecule has 2 aromatic rings. The van der Waals surface area contributed by atoms with Gasteiger partial charge in [0.2, 0.25) is 0 Å². The van der Waals surface area contributed by atoms with Crippen molar-refractivity contribution < 1.29 is 4.79 Å². The smallest absolute Gasteiger partial charge is 0.169 e. The van der Waals surface area contributed by atoms with E-state index in [2.05, 4.69) is 0 Å². The summed E-state index contributed by atoms with van der Waals surface area (Å²) in [7, 11) is 0. The molecule has 1 nitrogen and oxygen atoms in total. The Morgan fingerprint density at radius 3 is 2.67 bits per heavy atom. The summed E-state index contributed by atoms with van der Waals surface area (Å²) in [6.45, 7) is 1.58. The maximum atomic E-state index is 11.1. The van der Waals surface area contributed by atoms with Gasteiger partial charge in [0.25, 0.3) is 0 Å². The van der Waals surface area contributed by atoms with E-state index in [1.54, 1.807) is 6.92 Å². The molecule has 3 heteroatoms. The van der Waals surface area contributed by atoms with Crippen LogP contribution in [0.15, 0.2) is 36.4 Å². The van der Waals surface area contributed by atoms with Gasteiger partial charge in [-0.25, -0.2) is 0 Å². The molecule has 0 saturated carbocycles. The summed E-state index contributed by atoms with van der Waals surface area (Å²) in [5.41, 5.74) is 1.06. The lowest BCUT2D eigenvalue weighted by molar-refractivity contribution is 0.102. The van der Waals surface area contributed by atoms with E-state index < -0.39 is 0 Å². The van der Waals surface area contributed by atoms with Gasteiger partial charge >= 0.3 is 0 Å². The number of carbonyl (C=O) groups is 1. The molecule has 76 valence electrons. The molecule has 0 unspecified atom stereocenters. The standard InChI is InChI=1S/C12H9ClOS/c1-8(14)11-5-6-12(15-11)9-3-2-4-10(13)7-9/h2-7H,1H3. The second-order valence-electron chi connectivity index (χ2n) is 3.23. The molecule has 0 atom stereocenters. The normalized spacial score (nSPS) is 10.3. The highest BCUT2D eigenvalue weighted by Crippen LogP contribution is 2.29. The maximum Gasteiger partial charge on any atom is 0.169 e. The van der Waals surface area contributed by atoms with Gasteiger partial charge in [-0.15, -0.1) is 11.3 Å². The van der Waals surface area contributed by atoms with Crippen molar-refractivity contribution in [1.29, 1.82) is 0 Å². The van der Waals surface area contributed by atoms with Gasteiger partial charge in [0, 0.05) is 9.90 Å². The van der Waals surface area contributed by atoms with Crippen LogP contribution >= 0.6 is 22.9 Å². The zero-order valence-electron chi connectivity index (χ0n) is 8.16. The third-order valence-corrected chi connectivity index (χ3v) is 3.53. The molecule has 0 saturated heterocycles. The predicted octanol–water partition coefficient (Wildman–Crippen LogP) is 4.27. The van der Waals surface area contributed by atoms with Crippen LogP contribution in [0.2, 0.25) is 5.02 Å². The predicted molar refractivity (Wildman–Crippen MR) is 64.8 cm³/mol. The molecule has 0 aliphatic carbocycles. The molecule has 2 rings (SSSR count). The van der Waals surface area contributed by atoms with Crippen LogP contribution in [0.1, 0.15) is 16.6 Å². The van der Waals surface area contributed by atoms with E-state index in [1.165, 1.54) is 11.3 Å². The first-order valence-electron chi connectivity index (χ1n) is 4.53. The Morgan fingerprint density at radius 2 is 2.07 bits per heavy atom. The number of hydrogen-bond acceptors (Lipinski definition) is 2. The van der Waals surface area contributed by atoms with Gasteiger partial charge in [0.05, 0.1) is 4.88 Å². The average Bonchev–Trinajstić information content (AvgIpc) is 2.66. The van der Waals surface area contributed by atoms with Gasteiger partial charge in [0.15, 0.2) is 5.78 Å². The van der Waals surface area contributed by atoms with Crippen LogP contribution in [0.25, 0.3) is 10.4 Å². The van der Waals surface area contributed by atoms with Crippen molar-refractivity contribution in [2.75, 3.05) is 0 Å². The first-order chi connectivity index (χ1) is 7.16. The minimum atomic E-state index is 0.105. The van der Waals surface area contributed by atoms with Gasteiger partial charge in [-0.3, -0.25) is 4.79 Å². The van der Waals surface area contributed by atoms with Gasteiger partial charge in [-0.1, -0.05) is 23.7 Å². The molecule has 0 aliphatic heterocycles. The summed E-state index contributed by atoms with van der Waals surface area (Å²) >= 11 is 7.40. The molecule has 0 bridgehead atoms. The zero-order valence-corrected chi connectivity index (χ0v) is 9.73. The van der Waals surface area contributed by atoms with Crippen molar-refractivity contribution in [3.63, 3.8) is 0 Å². The van der Waals surface area contributed by atoms with E-state index in [0.717, 1.165) is 15.3 Å². The largest absolute Gasteiger partial charge is 0.294 e. The molecule has 0 N–H and O–H groups in total. The molecule has 15 heavy (non-hydrogen) atoms. The van der Waals surface area contributed by atoms with Crippen molar-refractivity contribution in [2.24, 2.45) is 0 Å². The number of halogens is 1. The first-order valence-corrected chi connectivity index (χ1v) is 5.73. The number of rotatable bonds is 2. The third kappa shape index (κ3) is 2.28. The maximum absolute atomic E-state index is 11.1. The van der Waals surface area contributed by atoms with Gasteiger partial charge in [-0.2, -0.15) is 0 Å². The Balaban J connectivity index is 2.41. The molecule has 1 heterocycles. The molecule has 1 aromatic heterocycles. The lowest BCUT2D eigenvalue weighted by Gasteiger charge is -1.96. The number of hydrogen-bond donors (Lipinski definition) is 0. The number of benzene rings is 1. The van der Waals surface area contributed by atoms with E-state index in [-0.39, 0.29) is 5.78 Å². The van der Waals surface area contributed by atoms with Crippen LogP contribution in [0.5, 0.6) is 0 Å². The topological polar surface area (TPSA) is 17.1 Å². The number of carbonyl (C=O) groups excluding carboxylic acids is 1. The molecule has 0 spiro atoms. The number of ketones is 1. The number of Topliss-reactive ketones (excluding diaryl/α,β-unsaturated/α-hetero) is 1. The second kappa shape index (κ2) is 4.17. The highest BCUT2D eigenvalue weighted by atomic mass is 35.5. The summed E-state index contributed by atoms with van der Waals surface area (Å²) in [5, 5.41) is 0.713. The van der Waals surface area contributed by atoms with Crippen molar-refractivity contribution >= 4 is 28.7 Å². The van der Waals surface area contributed by atoms with E-state index in [1.807, 2.05) is 36.4 Å². The monoisotopic (exact) mass is 236 g/mol. The Hall–Kier alpha value is -1.12. The summed E-state index contributed by atoms with van der Waals surface area (Å²) < 4.78 is 0. The Bertz CT molecular complexity index is 502. The molecular weight excluding hydrogens is 228 g/mol. The third-order valence-electron chi connectivity index (χ3n) is 2.06. The lowest BCUT2D eigenvalue weighted by atomic mass is 10.2. The summed E-state index contributed by atoms with van der Waals surface area (Å²) in [6.07, 6.45) is 0. The van der Waals surface area contributed by atoms with E-state index in [4.69, 9.17) is 11.6 Å².